The first-order chi connectivity index (χ1) is 6.75. The maximum Gasteiger partial charge on any atom is 0.293 e. The third-order valence-corrected chi connectivity index (χ3v) is 6.91. The molecular weight excluding hydrogens is 279 g/mol. The zero-order chi connectivity index (χ0) is 11.4. The van der Waals surface area contributed by atoms with E-state index in [4.69, 9.17) is 34.8 Å². The quantitative estimate of drug-likeness (QED) is 0.549. The van der Waals surface area contributed by atoms with Gasteiger partial charge in [0.2, 0.25) is 9.84 Å². The summed E-state index contributed by atoms with van der Waals surface area (Å²) in [7, 11) is -3.81. The van der Waals surface area contributed by atoms with Crippen molar-refractivity contribution >= 4 is 44.6 Å². The van der Waals surface area contributed by atoms with Crippen molar-refractivity contribution in [3.63, 3.8) is 0 Å². The lowest BCUT2D eigenvalue weighted by Crippen LogP contribution is -2.35. The van der Waals surface area contributed by atoms with Crippen LogP contribution in [0.25, 0.3) is 0 Å². The number of rotatable bonds is 1. The smallest absolute Gasteiger partial charge is 0.224 e. The summed E-state index contributed by atoms with van der Waals surface area (Å²) in [6.45, 7) is 3.79. The fourth-order valence-corrected chi connectivity index (χ4v) is 4.67. The fraction of sp³-hybridized carbons (Fsp3) is 0.556. The second kappa shape index (κ2) is 3.39. The lowest BCUT2D eigenvalue weighted by Gasteiger charge is -2.24. The van der Waals surface area contributed by atoms with E-state index < -0.39 is 18.2 Å². The van der Waals surface area contributed by atoms with Crippen LogP contribution in [-0.4, -0.2) is 16.8 Å². The summed E-state index contributed by atoms with van der Waals surface area (Å²) in [6.07, 6.45) is 4.61. The van der Waals surface area contributed by atoms with Crippen molar-refractivity contribution in [1.82, 2.24) is 0 Å². The van der Waals surface area contributed by atoms with E-state index in [1.54, 1.807) is 0 Å². The number of alkyl halides is 3. The Morgan fingerprint density at radius 2 is 1.93 bits per heavy atom. The summed E-state index contributed by atoms with van der Waals surface area (Å²) in [4.78, 5) is 0. The molecule has 0 saturated heterocycles. The lowest BCUT2D eigenvalue weighted by atomic mass is 10.0. The molecule has 0 spiro atoms. The van der Waals surface area contributed by atoms with Crippen LogP contribution < -0.4 is 0 Å². The number of allylic oxidation sites excluding steroid dienone is 2. The van der Waals surface area contributed by atoms with Gasteiger partial charge in [-0.25, -0.2) is 8.42 Å². The van der Waals surface area contributed by atoms with Gasteiger partial charge in [-0.1, -0.05) is 59.1 Å². The molecule has 6 heteroatoms. The first-order valence-corrected chi connectivity index (χ1v) is 7.10. The molecule has 1 fully saturated rings. The molecule has 0 radical (unpaired) electrons. The standard InChI is InChI=1S/C9H9Cl3O2S/c1-5-6-2-3-7(4-6)8(5)15(13,14)9(10,11)12/h2-3,6-8H,1,4H2/t6-,7+,8?/m0/s1. The molecule has 0 amide bonds. The molecule has 84 valence electrons. The number of sulfone groups is 1. The third kappa shape index (κ3) is 1.64. The van der Waals surface area contributed by atoms with Crippen LogP contribution in [0.4, 0.5) is 0 Å². The summed E-state index contributed by atoms with van der Waals surface area (Å²) in [5, 5.41) is -0.736. The minimum Gasteiger partial charge on any atom is -0.224 e. The van der Waals surface area contributed by atoms with Gasteiger partial charge in [-0.3, -0.25) is 0 Å². The van der Waals surface area contributed by atoms with E-state index in [-0.39, 0.29) is 11.8 Å². The molecule has 0 aromatic rings. The van der Waals surface area contributed by atoms with E-state index in [0.717, 1.165) is 6.42 Å². The van der Waals surface area contributed by atoms with Crippen LogP contribution in [0.2, 0.25) is 0 Å². The molecule has 0 aliphatic heterocycles. The summed E-state index contributed by atoms with van der Waals surface area (Å²) in [6, 6.07) is 0. The Labute approximate surface area is 104 Å². The summed E-state index contributed by atoms with van der Waals surface area (Å²) < 4.78 is 21.7. The van der Waals surface area contributed by atoms with Crippen molar-refractivity contribution in [2.75, 3.05) is 0 Å². The van der Waals surface area contributed by atoms with Gasteiger partial charge >= 0.3 is 0 Å². The van der Waals surface area contributed by atoms with Crippen molar-refractivity contribution in [3.8, 4) is 0 Å². The Morgan fingerprint density at radius 1 is 1.33 bits per heavy atom. The first-order valence-electron chi connectivity index (χ1n) is 4.42. The van der Waals surface area contributed by atoms with Gasteiger partial charge in [0.05, 0.1) is 5.25 Å². The number of halogens is 3. The maximum atomic E-state index is 12.0. The summed E-state index contributed by atoms with van der Waals surface area (Å²) in [5.74, 6) is 0.0465. The van der Waals surface area contributed by atoms with E-state index >= 15 is 0 Å². The second-order valence-corrected chi connectivity index (χ2v) is 9.04. The Balaban J connectivity index is 2.42. The van der Waals surface area contributed by atoms with Crippen LogP contribution in [0.15, 0.2) is 24.3 Å². The normalized spacial score (nSPS) is 35.1. The van der Waals surface area contributed by atoms with Gasteiger partial charge in [-0.15, -0.1) is 0 Å². The van der Waals surface area contributed by atoms with E-state index in [1.807, 2.05) is 12.2 Å². The van der Waals surface area contributed by atoms with E-state index in [2.05, 4.69) is 6.58 Å². The van der Waals surface area contributed by atoms with Crippen LogP contribution in [0.5, 0.6) is 0 Å². The average Bonchev–Trinajstić information content (AvgIpc) is 2.60. The molecule has 2 bridgehead atoms. The van der Waals surface area contributed by atoms with Crippen molar-refractivity contribution in [1.29, 1.82) is 0 Å². The highest BCUT2D eigenvalue weighted by Crippen LogP contribution is 2.50. The molecule has 2 aliphatic rings. The van der Waals surface area contributed by atoms with Crippen LogP contribution in [0.3, 0.4) is 0 Å². The van der Waals surface area contributed by atoms with Crippen molar-refractivity contribution in [2.45, 2.75) is 14.8 Å². The van der Waals surface area contributed by atoms with Gasteiger partial charge in [0.1, 0.15) is 0 Å². The molecular formula is C9H9Cl3O2S. The predicted molar refractivity (Wildman–Crippen MR) is 62.9 cm³/mol. The first kappa shape index (κ1) is 11.8. The lowest BCUT2D eigenvalue weighted by molar-refractivity contribution is 0.573. The minimum absolute atomic E-state index is 0.0804. The molecule has 0 aromatic heterocycles. The molecule has 2 aliphatic carbocycles. The maximum absolute atomic E-state index is 12.0. The van der Waals surface area contributed by atoms with Crippen molar-refractivity contribution < 1.29 is 8.42 Å². The fourth-order valence-electron chi connectivity index (χ4n) is 2.29. The Kier molecular flexibility index (Phi) is 2.66. The van der Waals surface area contributed by atoms with Crippen molar-refractivity contribution in [3.05, 3.63) is 24.3 Å². The number of hydrogen-bond acceptors (Lipinski definition) is 2. The minimum atomic E-state index is -3.81. The highest BCUT2D eigenvalue weighted by atomic mass is 35.6. The molecule has 0 heterocycles. The van der Waals surface area contributed by atoms with Crippen LogP contribution in [-0.2, 0) is 9.84 Å². The Morgan fingerprint density at radius 3 is 2.33 bits per heavy atom. The molecule has 1 saturated carbocycles. The average molecular weight is 288 g/mol. The highest BCUT2D eigenvalue weighted by Gasteiger charge is 2.53. The van der Waals surface area contributed by atoms with Gasteiger partial charge in [-0.05, 0) is 18.3 Å². The number of fused-ring (bicyclic) bond motifs is 2. The summed E-state index contributed by atoms with van der Waals surface area (Å²) >= 11 is 16.5. The monoisotopic (exact) mass is 286 g/mol. The molecule has 2 nitrogen and oxygen atoms in total. The molecule has 3 atom stereocenters. The largest absolute Gasteiger partial charge is 0.293 e. The molecule has 15 heavy (non-hydrogen) atoms. The predicted octanol–water partition coefficient (Wildman–Crippen LogP) is 2.86. The SMILES string of the molecule is C=C1C(S(=O)(=O)C(Cl)(Cl)Cl)[C@@H]2C=C[C@H]1C2. The molecule has 0 aromatic carbocycles. The number of hydrogen-bond donors (Lipinski definition) is 0. The van der Waals surface area contributed by atoms with Gasteiger partial charge in [-0.2, -0.15) is 0 Å². The topological polar surface area (TPSA) is 34.1 Å². The van der Waals surface area contributed by atoms with Crippen molar-refractivity contribution in [2.24, 2.45) is 11.8 Å². The second-order valence-electron chi connectivity index (χ2n) is 3.88. The molecule has 1 unspecified atom stereocenters. The summed E-state index contributed by atoms with van der Waals surface area (Å²) in [5.41, 5.74) is 0.647. The van der Waals surface area contributed by atoms with E-state index in [0.29, 0.717) is 5.57 Å². The highest BCUT2D eigenvalue weighted by molar-refractivity contribution is 7.98. The zero-order valence-electron chi connectivity index (χ0n) is 7.66. The van der Waals surface area contributed by atoms with Gasteiger partial charge in [0.25, 0.3) is 3.12 Å². The molecule has 0 N–H and O–H groups in total. The zero-order valence-corrected chi connectivity index (χ0v) is 10.7. The molecule has 2 rings (SSSR count). The van der Waals surface area contributed by atoms with Crippen LogP contribution in [0.1, 0.15) is 6.42 Å². The van der Waals surface area contributed by atoms with E-state index in [9.17, 15) is 8.42 Å². The van der Waals surface area contributed by atoms with Gasteiger partial charge < -0.3 is 0 Å². The van der Waals surface area contributed by atoms with Crippen LogP contribution in [0, 0.1) is 11.8 Å². The van der Waals surface area contributed by atoms with Crippen LogP contribution >= 0.6 is 34.8 Å². The third-order valence-electron chi connectivity index (χ3n) is 3.00. The van der Waals surface area contributed by atoms with E-state index in [1.165, 1.54) is 0 Å². The van der Waals surface area contributed by atoms with Gasteiger partial charge in [0, 0.05) is 0 Å². The Bertz CT molecular complexity index is 433. The van der Waals surface area contributed by atoms with Gasteiger partial charge in [0.15, 0.2) is 0 Å². The Hall–Kier alpha value is 0.300.